The number of benzene rings is 1. The molecular formula is C18H20ClN3O2. The Morgan fingerprint density at radius 2 is 2.04 bits per heavy atom. The monoisotopic (exact) mass is 345 g/mol. The average molecular weight is 346 g/mol. The van der Waals surface area contributed by atoms with Gasteiger partial charge in [-0.2, -0.15) is 5.10 Å². The first-order valence-electron chi connectivity index (χ1n) is 8.45. The van der Waals surface area contributed by atoms with Crippen molar-refractivity contribution in [3.05, 3.63) is 51.8 Å². The molecule has 24 heavy (non-hydrogen) atoms. The quantitative estimate of drug-likeness (QED) is 0.909. The van der Waals surface area contributed by atoms with Gasteiger partial charge < -0.3 is 9.64 Å². The van der Waals surface area contributed by atoms with E-state index in [9.17, 15) is 4.79 Å². The lowest BCUT2D eigenvalue weighted by Gasteiger charge is -2.33. The molecule has 1 aromatic heterocycles. The number of carbonyl (C=O) groups is 1. The van der Waals surface area contributed by atoms with Crippen molar-refractivity contribution in [2.24, 2.45) is 0 Å². The van der Waals surface area contributed by atoms with Crippen LogP contribution >= 0.6 is 11.6 Å². The molecule has 4 rings (SSSR count). The number of morpholine rings is 1. The minimum atomic E-state index is -0.116. The maximum absolute atomic E-state index is 12.9. The van der Waals surface area contributed by atoms with Crippen molar-refractivity contribution in [2.75, 3.05) is 19.7 Å². The second-order valence-electron chi connectivity index (χ2n) is 6.40. The van der Waals surface area contributed by atoms with Gasteiger partial charge in [-0.1, -0.05) is 23.7 Å². The molecule has 0 radical (unpaired) electrons. The third-order valence-corrected chi connectivity index (χ3v) is 5.11. The van der Waals surface area contributed by atoms with E-state index in [-0.39, 0.29) is 12.0 Å². The van der Waals surface area contributed by atoms with Crippen LogP contribution < -0.4 is 0 Å². The maximum Gasteiger partial charge on any atom is 0.274 e. The fourth-order valence-electron chi connectivity index (χ4n) is 3.52. The molecule has 1 N–H and O–H groups in total. The number of H-pyrrole nitrogens is 1. The highest BCUT2D eigenvalue weighted by Gasteiger charge is 2.30. The van der Waals surface area contributed by atoms with Crippen LogP contribution in [0.4, 0.5) is 0 Å². The van der Waals surface area contributed by atoms with Crippen molar-refractivity contribution in [3.63, 3.8) is 0 Å². The van der Waals surface area contributed by atoms with Gasteiger partial charge in [0.1, 0.15) is 6.10 Å². The molecule has 1 aliphatic heterocycles. The van der Waals surface area contributed by atoms with Crippen LogP contribution in [0.1, 0.15) is 46.3 Å². The second-order valence-corrected chi connectivity index (χ2v) is 6.84. The van der Waals surface area contributed by atoms with Crippen molar-refractivity contribution in [3.8, 4) is 0 Å². The maximum atomic E-state index is 12.9. The van der Waals surface area contributed by atoms with Gasteiger partial charge in [-0.3, -0.25) is 9.89 Å². The highest BCUT2D eigenvalue weighted by molar-refractivity contribution is 6.30. The number of amides is 1. The summed E-state index contributed by atoms with van der Waals surface area (Å²) in [6.07, 6.45) is 4.11. The summed E-state index contributed by atoms with van der Waals surface area (Å²) in [4.78, 5) is 14.8. The first kappa shape index (κ1) is 15.7. The lowest BCUT2D eigenvalue weighted by molar-refractivity contribution is -0.0230. The number of aromatic amines is 1. The number of ether oxygens (including phenoxy) is 1. The van der Waals surface area contributed by atoms with Crippen LogP contribution in [-0.2, 0) is 17.6 Å². The number of carbonyl (C=O) groups excluding carboxylic acids is 1. The predicted molar refractivity (Wildman–Crippen MR) is 91.3 cm³/mol. The first-order chi connectivity index (χ1) is 11.7. The van der Waals surface area contributed by atoms with Gasteiger partial charge in [0.05, 0.1) is 13.2 Å². The van der Waals surface area contributed by atoms with Gasteiger partial charge in [-0.15, -0.1) is 0 Å². The fraction of sp³-hybridized carbons (Fsp3) is 0.444. The Bertz CT molecular complexity index is 741. The van der Waals surface area contributed by atoms with E-state index < -0.39 is 0 Å². The number of fused-ring (bicyclic) bond motifs is 1. The summed E-state index contributed by atoms with van der Waals surface area (Å²) < 4.78 is 5.85. The summed E-state index contributed by atoms with van der Waals surface area (Å²) in [6.45, 7) is 1.68. The smallest absolute Gasteiger partial charge is 0.274 e. The van der Waals surface area contributed by atoms with Gasteiger partial charge in [-0.05, 0) is 43.4 Å². The molecule has 1 fully saturated rings. The van der Waals surface area contributed by atoms with Crippen LogP contribution in [0.2, 0.25) is 5.02 Å². The van der Waals surface area contributed by atoms with E-state index in [0.717, 1.165) is 36.1 Å². The molecule has 6 heteroatoms. The van der Waals surface area contributed by atoms with E-state index in [2.05, 4.69) is 10.2 Å². The number of halogens is 1. The second kappa shape index (κ2) is 6.57. The highest BCUT2D eigenvalue weighted by atomic mass is 35.5. The summed E-state index contributed by atoms with van der Waals surface area (Å²) >= 11 is 5.95. The minimum Gasteiger partial charge on any atom is -0.370 e. The van der Waals surface area contributed by atoms with Gasteiger partial charge >= 0.3 is 0 Å². The predicted octanol–water partition coefficient (Wildman–Crippen LogP) is 3.16. The van der Waals surface area contributed by atoms with E-state index in [0.29, 0.717) is 30.4 Å². The van der Waals surface area contributed by atoms with Crippen LogP contribution in [0.15, 0.2) is 24.3 Å². The summed E-state index contributed by atoms with van der Waals surface area (Å²) in [6, 6.07) is 7.62. The molecule has 5 nitrogen and oxygen atoms in total. The molecule has 0 unspecified atom stereocenters. The number of aryl methyl sites for hydroxylation is 1. The van der Waals surface area contributed by atoms with Gasteiger partial charge in [0.25, 0.3) is 5.91 Å². The van der Waals surface area contributed by atoms with Gasteiger partial charge in [-0.25, -0.2) is 0 Å². The largest absolute Gasteiger partial charge is 0.370 e. The molecule has 0 saturated carbocycles. The van der Waals surface area contributed by atoms with Crippen molar-refractivity contribution in [1.82, 2.24) is 15.1 Å². The van der Waals surface area contributed by atoms with Gasteiger partial charge in [0.15, 0.2) is 5.69 Å². The summed E-state index contributed by atoms with van der Waals surface area (Å²) in [7, 11) is 0. The van der Waals surface area contributed by atoms with Crippen molar-refractivity contribution in [1.29, 1.82) is 0 Å². The van der Waals surface area contributed by atoms with Crippen molar-refractivity contribution in [2.45, 2.75) is 31.8 Å². The van der Waals surface area contributed by atoms with Crippen molar-refractivity contribution >= 4 is 17.5 Å². The van der Waals surface area contributed by atoms with Crippen molar-refractivity contribution < 1.29 is 9.53 Å². The lowest BCUT2D eigenvalue weighted by Crippen LogP contribution is -2.42. The van der Waals surface area contributed by atoms with Crippen LogP contribution in [0.25, 0.3) is 0 Å². The van der Waals surface area contributed by atoms with Crippen LogP contribution in [-0.4, -0.2) is 40.7 Å². The molecule has 1 saturated heterocycles. The normalized spacial score (nSPS) is 20.7. The Labute approximate surface area is 145 Å². The molecule has 1 amide bonds. The van der Waals surface area contributed by atoms with Crippen LogP contribution in [0.3, 0.4) is 0 Å². The van der Waals surface area contributed by atoms with E-state index in [1.807, 2.05) is 29.2 Å². The molecular weight excluding hydrogens is 326 g/mol. The molecule has 2 aromatic rings. The number of nitrogens with zero attached hydrogens (tertiary/aromatic N) is 2. The molecule has 1 aliphatic carbocycles. The summed E-state index contributed by atoms with van der Waals surface area (Å²) in [5.74, 6) is 0.0108. The zero-order valence-electron chi connectivity index (χ0n) is 13.4. The van der Waals surface area contributed by atoms with E-state index in [4.69, 9.17) is 16.3 Å². The molecule has 2 heterocycles. The summed E-state index contributed by atoms with van der Waals surface area (Å²) in [5, 5.41) is 8.06. The Kier molecular flexibility index (Phi) is 4.29. The third-order valence-electron chi connectivity index (χ3n) is 4.85. The zero-order valence-corrected chi connectivity index (χ0v) is 14.2. The number of hydrogen-bond donors (Lipinski definition) is 1. The molecule has 2 aliphatic rings. The number of rotatable bonds is 2. The van der Waals surface area contributed by atoms with Gasteiger partial charge in [0, 0.05) is 22.8 Å². The van der Waals surface area contributed by atoms with Gasteiger partial charge in [0.2, 0.25) is 0 Å². The van der Waals surface area contributed by atoms with E-state index in [1.165, 1.54) is 6.42 Å². The number of nitrogens with one attached hydrogen (secondary N) is 1. The lowest BCUT2D eigenvalue weighted by atomic mass is 9.95. The van der Waals surface area contributed by atoms with E-state index >= 15 is 0 Å². The topological polar surface area (TPSA) is 58.2 Å². The standard InChI is InChI=1S/C18H20ClN3O2/c19-13-7-5-12(6-8-13)16-11-22(9-10-24-16)18(23)17-14-3-1-2-4-15(14)20-21-17/h5-8,16H,1-4,9-11H2,(H,20,21)/t16-/m0/s1. The summed E-state index contributed by atoms with van der Waals surface area (Å²) in [5.41, 5.74) is 3.88. The number of aromatic nitrogens is 2. The average Bonchev–Trinajstić information content (AvgIpc) is 3.06. The number of hydrogen-bond acceptors (Lipinski definition) is 3. The molecule has 0 spiro atoms. The first-order valence-corrected chi connectivity index (χ1v) is 8.82. The Balaban J connectivity index is 1.52. The van der Waals surface area contributed by atoms with Crippen LogP contribution in [0, 0.1) is 0 Å². The Morgan fingerprint density at radius 3 is 2.88 bits per heavy atom. The molecule has 1 aromatic carbocycles. The minimum absolute atomic E-state index is 0.0108. The molecule has 1 atom stereocenters. The SMILES string of the molecule is O=C(c1n[nH]c2c1CCCC2)N1CCO[C@H](c2ccc(Cl)cc2)C1. The fourth-order valence-corrected chi connectivity index (χ4v) is 3.65. The molecule has 126 valence electrons. The third kappa shape index (κ3) is 2.94. The Morgan fingerprint density at radius 1 is 1.25 bits per heavy atom. The van der Waals surface area contributed by atoms with E-state index in [1.54, 1.807) is 0 Å². The van der Waals surface area contributed by atoms with Crippen LogP contribution in [0.5, 0.6) is 0 Å². The molecule has 0 bridgehead atoms. The Hall–Kier alpha value is -1.85. The highest BCUT2D eigenvalue weighted by Crippen LogP contribution is 2.27. The zero-order chi connectivity index (χ0) is 16.5.